The minimum Gasteiger partial charge on any atom is -0.463 e. The average Bonchev–Trinajstić information content (AvgIpc) is 2.71. The first kappa shape index (κ1) is 30.0. The fourth-order valence-electron chi connectivity index (χ4n) is 3.47. The predicted molar refractivity (Wildman–Crippen MR) is 126 cm³/mol. The summed E-state index contributed by atoms with van der Waals surface area (Å²) in [6, 6.07) is 0. The van der Waals surface area contributed by atoms with Gasteiger partial charge in [0.05, 0.1) is 11.7 Å². The van der Waals surface area contributed by atoms with Crippen LogP contribution >= 0.6 is 0 Å². The molecule has 0 saturated carbocycles. The molecule has 1 saturated heterocycles. The molecule has 9 heteroatoms. The summed E-state index contributed by atoms with van der Waals surface area (Å²) in [4.78, 5) is 22.8. The zero-order chi connectivity index (χ0) is 26.1. The minimum atomic E-state index is -1.51. The molecule has 34 heavy (non-hydrogen) atoms. The maximum Gasteiger partial charge on any atom is 0.303 e. The van der Waals surface area contributed by atoms with Crippen LogP contribution in [0.3, 0.4) is 0 Å². The first-order valence-electron chi connectivity index (χ1n) is 11.4. The number of aliphatic hydroxyl groups is 3. The Hall–Kier alpha value is -2.04. The molecule has 0 amide bonds. The van der Waals surface area contributed by atoms with E-state index in [4.69, 9.17) is 18.9 Å². The maximum atomic E-state index is 11.6. The lowest BCUT2D eigenvalue weighted by atomic mass is 9.98. The standard InChI is InChI=1S/C25H40O9/c1-8-25(7,30)11-9-10-16(4)13-19(12-15(2)3)33-24-23(32-18(6)27)22(29)21(28)20(34-24)14-31-17(5)26/h8,10,12,19-24,28-30H,1,9,11,13-14H2,2-7H3/b16-10+/t19-,20-,21-,22+,23-,24-,25+/m1/s1. The molecule has 7 atom stereocenters. The van der Waals surface area contributed by atoms with E-state index in [0.717, 1.165) is 11.1 Å². The lowest BCUT2D eigenvalue weighted by Gasteiger charge is -2.42. The second kappa shape index (κ2) is 13.7. The molecule has 3 N–H and O–H groups in total. The van der Waals surface area contributed by atoms with Gasteiger partial charge in [0.25, 0.3) is 0 Å². The number of aliphatic hydroxyl groups excluding tert-OH is 2. The van der Waals surface area contributed by atoms with E-state index in [9.17, 15) is 24.9 Å². The molecule has 194 valence electrons. The highest BCUT2D eigenvalue weighted by molar-refractivity contribution is 5.66. The third kappa shape index (κ3) is 10.5. The van der Waals surface area contributed by atoms with Crippen LogP contribution in [0, 0.1) is 0 Å². The van der Waals surface area contributed by atoms with Crippen LogP contribution in [-0.2, 0) is 28.5 Å². The molecule has 1 fully saturated rings. The van der Waals surface area contributed by atoms with Crippen molar-refractivity contribution in [3.05, 3.63) is 36.0 Å². The Morgan fingerprint density at radius 2 is 1.76 bits per heavy atom. The predicted octanol–water partition coefficient (Wildman–Crippen LogP) is 2.33. The Balaban J connectivity index is 3.05. The van der Waals surface area contributed by atoms with Gasteiger partial charge >= 0.3 is 11.9 Å². The summed E-state index contributed by atoms with van der Waals surface area (Å²) in [5, 5.41) is 31.1. The molecular weight excluding hydrogens is 444 g/mol. The Morgan fingerprint density at radius 3 is 2.29 bits per heavy atom. The van der Waals surface area contributed by atoms with Gasteiger partial charge in [-0.1, -0.05) is 29.4 Å². The first-order chi connectivity index (χ1) is 15.8. The van der Waals surface area contributed by atoms with Gasteiger partial charge in [0.15, 0.2) is 12.4 Å². The van der Waals surface area contributed by atoms with Crippen LogP contribution in [0.5, 0.6) is 0 Å². The van der Waals surface area contributed by atoms with Crippen LogP contribution < -0.4 is 0 Å². The van der Waals surface area contributed by atoms with Gasteiger partial charge in [0, 0.05) is 13.8 Å². The summed E-state index contributed by atoms with van der Waals surface area (Å²) in [6.45, 7) is 13.2. The van der Waals surface area contributed by atoms with Crippen molar-refractivity contribution in [1.82, 2.24) is 0 Å². The summed E-state index contributed by atoms with van der Waals surface area (Å²) in [5.41, 5.74) is 1.02. The van der Waals surface area contributed by atoms with Crippen molar-refractivity contribution in [3.63, 3.8) is 0 Å². The molecule has 1 aliphatic heterocycles. The Bertz CT molecular complexity index is 749. The number of hydrogen-bond donors (Lipinski definition) is 3. The zero-order valence-electron chi connectivity index (χ0n) is 21.0. The molecule has 1 rings (SSSR count). The van der Waals surface area contributed by atoms with Crippen LogP contribution in [0.4, 0.5) is 0 Å². The number of rotatable bonds is 12. The van der Waals surface area contributed by atoms with E-state index in [1.54, 1.807) is 6.92 Å². The van der Waals surface area contributed by atoms with Crippen LogP contribution in [-0.4, -0.2) is 76.3 Å². The number of carbonyl (C=O) groups is 2. The largest absolute Gasteiger partial charge is 0.463 e. The smallest absolute Gasteiger partial charge is 0.303 e. The van der Waals surface area contributed by atoms with Gasteiger partial charge in [-0.2, -0.15) is 0 Å². The van der Waals surface area contributed by atoms with Crippen molar-refractivity contribution >= 4 is 11.9 Å². The first-order valence-corrected chi connectivity index (χ1v) is 11.4. The minimum absolute atomic E-state index is 0.296. The van der Waals surface area contributed by atoms with Gasteiger partial charge in [-0.25, -0.2) is 0 Å². The average molecular weight is 485 g/mol. The van der Waals surface area contributed by atoms with Crippen molar-refractivity contribution in [2.24, 2.45) is 0 Å². The fourth-order valence-corrected chi connectivity index (χ4v) is 3.47. The number of hydrogen-bond acceptors (Lipinski definition) is 9. The Kier molecular flexibility index (Phi) is 12.1. The van der Waals surface area contributed by atoms with E-state index in [1.807, 2.05) is 32.9 Å². The van der Waals surface area contributed by atoms with E-state index in [0.29, 0.717) is 19.3 Å². The number of carbonyl (C=O) groups excluding carboxylic acids is 2. The molecule has 9 nitrogen and oxygen atoms in total. The third-order valence-corrected chi connectivity index (χ3v) is 5.33. The van der Waals surface area contributed by atoms with Crippen LogP contribution in [0.2, 0.25) is 0 Å². The lowest BCUT2D eigenvalue weighted by Crippen LogP contribution is -2.61. The van der Waals surface area contributed by atoms with E-state index < -0.39 is 54.3 Å². The van der Waals surface area contributed by atoms with Crippen molar-refractivity contribution in [1.29, 1.82) is 0 Å². The lowest BCUT2D eigenvalue weighted by molar-refractivity contribution is -0.310. The summed E-state index contributed by atoms with van der Waals surface area (Å²) in [5.74, 6) is -1.24. The van der Waals surface area contributed by atoms with Crippen LogP contribution in [0.25, 0.3) is 0 Å². The van der Waals surface area contributed by atoms with E-state index in [1.165, 1.54) is 19.9 Å². The third-order valence-electron chi connectivity index (χ3n) is 5.33. The molecule has 0 aromatic heterocycles. The molecule has 0 unspecified atom stereocenters. The molecule has 0 spiro atoms. The molecule has 0 aromatic rings. The van der Waals surface area contributed by atoms with Crippen molar-refractivity contribution in [2.45, 2.75) is 103 Å². The Labute approximate surface area is 202 Å². The fraction of sp³-hybridized carbons (Fsp3) is 0.680. The zero-order valence-corrected chi connectivity index (χ0v) is 21.0. The number of allylic oxidation sites excluding steroid dienone is 2. The number of esters is 2. The number of ether oxygens (including phenoxy) is 4. The Morgan fingerprint density at radius 1 is 1.12 bits per heavy atom. The normalized spacial score (nSPS) is 27.8. The van der Waals surface area contributed by atoms with Crippen LogP contribution in [0.15, 0.2) is 36.0 Å². The second-order valence-corrected chi connectivity index (χ2v) is 9.17. The quantitative estimate of drug-likeness (QED) is 0.282. The SMILES string of the molecule is C=C[C@](C)(O)CC/C=C(\C)C[C@@H](C=C(C)C)O[C@@H]1O[C@H](COC(C)=O)[C@@H](O)[C@H](O)[C@H]1OC(C)=O. The van der Waals surface area contributed by atoms with Gasteiger partial charge < -0.3 is 34.3 Å². The van der Waals surface area contributed by atoms with Gasteiger partial charge in [-0.15, -0.1) is 6.58 Å². The van der Waals surface area contributed by atoms with Gasteiger partial charge in [0.2, 0.25) is 0 Å². The molecular formula is C25H40O9. The molecule has 0 bridgehead atoms. The summed E-state index contributed by atoms with van der Waals surface area (Å²) >= 11 is 0. The second-order valence-electron chi connectivity index (χ2n) is 9.17. The van der Waals surface area contributed by atoms with E-state index >= 15 is 0 Å². The van der Waals surface area contributed by atoms with Crippen LogP contribution in [0.1, 0.15) is 60.8 Å². The molecule has 1 aliphatic rings. The van der Waals surface area contributed by atoms with Crippen molar-refractivity contribution < 1.29 is 43.9 Å². The molecule has 0 aromatic carbocycles. The van der Waals surface area contributed by atoms with Crippen molar-refractivity contribution in [2.75, 3.05) is 6.61 Å². The van der Waals surface area contributed by atoms with E-state index in [-0.39, 0.29) is 6.61 Å². The molecule has 0 radical (unpaired) electrons. The van der Waals surface area contributed by atoms with Crippen molar-refractivity contribution in [3.8, 4) is 0 Å². The van der Waals surface area contributed by atoms with E-state index in [2.05, 4.69) is 6.58 Å². The summed E-state index contributed by atoms with van der Waals surface area (Å²) in [7, 11) is 0. The molecule has 0 aliphatic carbocycles. The summed E-state index contributed by atoms with van der Waals surface area (Å²) < 4.78 is 22.0. The van der Waals surface area contributed by atoms with Gasteiger partial charge in [-0.3, -0.25) is 9.59 Å². The van der Waals surface area contributed by atoms with Gasteiger partial charge in [-0.05, 0) is 47.0 Å². The highest BCUT2D eigenvalue weighted by Crippen LogP contribution is 2.28. The topological polar surface area (TPSA) is 132 Å². The highest BCUT2D eigenvalue weighted by atomic mass is 16.7. The summed E-state index contributed by atoms with van der Waals surface area (Å²) in [6.07, 6.45) is -0.000546. The monoisotopic (exact) mass is 484 g/mol. The molecule has 1 heterocycles. The maximum absolute atomic E-state index is 11.6. The highest BCUT2D eigenvalue weighted by Gasteiger charge is 2.48. The van der Waals surface area contributed by atoms with Gasteiger partial charge in [0.1, 0.15) is 24.9 Å².